The van der Waals surface area contributed by atoms with Crippen molar-refractivity contribution in [1.82, 2.24) is 14.5 Å². The number of amides is 1. The molecule has 0 spiro atoms. The summed E-state index contributed by atoms with van der Waals surface area (Å²) >= 11 is 1.70. The van der Waals surface area contributed by atoms with Crippen LogP contribution in [0.5, 0.6) is 0 Å². The summed E-state index contributed by atoms with van der Waals surface area (Å²) < 4.78 is 2.77. The van der Waals surface area contributed by atoms with Crippen molar-refractivity contribution in [3.05, 3.63) is 59.0 Å². The zero-order chi connectivity index (χ0) is 17.9. The number of hydrogen-bond acceptors (Lipinski definition) is 5. The SMILES string of the molecule is O=C(CCn1ccccc1=O)N1CCN(c2nc3ccccc3s2)CC1. The van der Waals surface area contributed by atoms with Gasteiger partial charge < -0.3 is 14.4 Å². The van der Waals surface area contributed by atoms with Gasteiger partial charge >= 0.3 is 0 Å². The summed E-state index contributed by atoms with van der Waals surface area (Å²) in [4.78, 5) is 33.0. The Kier molecular flexibility index (Phi) is 4.71. The number of fused-ring (bicyclic) bond motifs is 1. The highest BCUT2D eigenvalue weighted by molar-refractivity contribution is 7.22. The van der Waals surface area contributed by atoms with Crippen LogP contribution in [0.4, 0.5) is 5.13 Å². The van der Waals surface area contributed by atoms with Gasteiger partial charge in [-0.1, -0.05) is 29.5 Å². The lowest BCUT2D eigenvalue weighted by atomic mass is 10.3. The van der Waals surface area contributed by atoms with Gasteiger partial charge in [-0.2, -0.15) is 0 Å². The normalized spacial score (nSPS) is 14.8. The topological polar surface area (TPSA) is 58.4 Å². The second-order valence-corrected chi connectivity index (χ2v) is 7.32. The molecule has 0 unspecified atom stereocenters. The number of aryl methyl sites for hydroxylation is 1. The van der Waals surface area contributed by atoms with E-state index in [4.69, 9.17) is 4.98 Å². The number of hydrogen-bond donors (Lipinski definition) is 0. The summed E-state index contributed by atoms with van der Waals surface area (Å²) in [5.74, 6) is 0.102. The third-order valence-electron chi connectivity index (χ3n) is 4.65. The molecule has 0 bridgehead atoms. The predicted molar refractivity (Wildman–Crippen MR) is 104 cm³/mol. The minimum Gasteiger partial charge on any atom is -0.345 e. The molecular formula is C19H20N4O2S. The molecule has 6 nitrogen and oxygen atoms in total. The molecule has 1 aliphatic heterocycles. The lowest BCUT2D eigenvalue weighted by Gasteiger charge is -2.34. The number of pyridine rings is 1. The zero-order valence-electron chi connectivity index (χ0n) is 14.4. The van der Waals surface area contributed by atoms with Gasteiger partial charge in [0, 0.05) is 51.4 Å². The van der Waals surface area contributed by atoms with E-state index in [9.17, 15) is 9.59 Å². The van der Waals surface area contributed by atoms with E-state index in [-0.39, 0.29) is 11.5 Å². The molecule has 0 saturated carbocycles. The van der Waals surface area contributed by atoms with Gasteiger partial charge in [0.25, 0.3) is 5.56 Å². The molecular weight excluding hydrogens is 348 g/mol. The molecule has 4 rings (SSSR count). The summed E-state index contributed by atoms with van der Waals surface area (Å²) in [6, 6.07) is 13.2. The monoisotopic (exact) mass is 368 g/mol. The van der Waals surface area contributed by atoms with Gasteiger partial charge in [-0.25, -0.2) is 4.98 Å². The summed E-state index contributed by atoms with van der Waals surface area (Å²) in [6.07, 6.45) is 2.08. The second kappa shape index (κ2) is 7.29. The first kappa shape index (κ1) is 16.8. The molecule has 3 heterocycles. The minimum atomic E-state index is -0.0686. The molecule has 0 atom stereocenters. The molecule has 0 N–H and O–H groups in total. The zero-order valence-corrected chi connectivity index (χ0v) is 15.2. The number of carbonyl (C=O) groups excluding carboxylic acids is 1. The van der Waals surface area contributed by atoms with E-state index in [1.54, 1.807) is 28.2 Å². The average Bonchev–Trinajstić information content (AvgIpc) is 3.11. The molecule has 1 amide bonds. The van der Waals surface area contributed by atoms with E-state index in [2.05, 4.69) is 11.0 Å². The van der Waals surface area contributed by atoms with Crippen LogP contribution in [0.1, 0.15) is 6.42 Å². The number of carbonyl (C=O) groups is 1. The predicted octanol–water partition coefficient (Wildman–Crippen LogP) is 2.20. The average molecular weight is 368 g/mol. The van der Waals surface area contributed by atoms with Gasteiger partial charge in [0.15, 0.2) is 5.13 Å². The molecule has 1 aliphatic rings. The summed E-state index contributed by atoms with van der Waals surface area (Å²) in [5, 5.41) is 1.02. The first-order chi connectivity index (χ1) is 12.7. The van der Waals surface area contributed by atoms with Crippen molar-refractivity contribution in [3.63, 3.8) is 0 Å². The van der Waals surface area contributed by atoms with Crippen molar-refractivity contribution in [3.8, 4) is 0 Å². The Labute approximate surface area is 155 Å². The van der Waals surface area contributed by atoms with Crippen LogP contribution in [0, 0.1) is 0 Å². The fraction of sp³-hybridized carbons (Fsp3) is 0.316. The van der Waals surface area contributed by atoms with Gasteiger partial charge in [0.1, 0.15) is 0 Å². The van der Waals surface area contributed by atoms with Gasteiger partial charge in [-0.05, 0) is 18.2 Å². The van der Waals surface area contributed by atoms with E-state index >= 15 is 0 Å². The molecule has 26 heavy (non-hydrogen) atoms. The number of aromatic nitrogens is 2. The molecule has 3 aromatic rings. The quantitative estimate of drug-likeness (QED) is 0.708. The number of nitrogens with zero attached hydrogens (tertiary/aromatic N) is 4. The largest absolute Gasteiger partial charge is 0.345 e. The van der Waals surface area contributed by atoms with Crippen molar-refractivity contribution in [2.45, 2.75) is 13.0 Å². The highest BCUT2D eigenvalue weighted by Gasteiger charge is 2.22. The Morgan fingerprint density at radius 3 is 2.58 bits per heavy atom. The number of benzene rings is 1. The van der Waals surface area contributed by atoms with Crippen LogP contribution >= 0.6 is 11.3 Å². The number of anilines is 1. The molecule has 0 aliphatic carbocycles. The fourth-order valence-corrected chi connectivity index (χ4v) is 4.18. The molecule has 1 aromatic carbocycles. The maximum atomic E-state index is 12.4. The minimum absolute atomic E-state index is 0.0686. The van der Waals surface area contributed by atoms with Crippen LogP contribution in [-0.4, -0.2) is 46.5 Å². The summed E-state index contributed by atoms with van der Waals surface area (Å²) in [6.45, 7) is 3.39. The number of rotatable bonds is 4. The molecule has 0 radical (unpaired) electrons. The van der Waals surface area contributed by atoms with Crippen LogP contribution in [-0.2, 0) is 11.3 Å². The Morgan fingerprint density at radius 2 is 1.81 bits per heavy atom. The van der Waals surface area contributed by atoms with Crippen LogP contribution < -0.4 is 10.5 Å². The van der Waals surface area contributed by atoms with Crippen molar-refractivity contribution >= 4 is 32.6 Å². The highest BCUT2D eigenvalue weighted by atomic mass is 32.1. The van der Waals surface area contributed by atoms with Crippen LogP contribution in [0.15, 0.2) is 53.5 Å². The number of thiazole rings is 1. The Morgan fingerprint density at radius 1 is 1.04 bits per heavy atom. The lowest BCUT2D eigenvalue weighted by Crippen LogP contribution is -2.49. The van der Waals surface area contributed by atoms with Gasteiger partial charge in [-0.15, -0.1) is 0 Å². The Bertz CT molecular complexity index is 940. The van der Waals surface area contributed by atoms with Crippen LogP contribution in [0.2, 0.25) is 0 Å². The van der Waals surface area contributed by atoms with Crippen LogP contribution in [0.25, 0.3) is 10.2 Å². The van der Waals surface area contributed by atoms with Crippen LogP contribution in [0.3, 0.4) is 0 Å². The maximum Gasteiger partial charge on any atom is 0.250 e. The second-order valence-electron chi connectivity index (χ2n) is 6.31. The molecule has 7 heteroatoms. The number of piperazine rings is 1. The number of para-hydroxylation sites is 1. The van der Waals surface area contributed by atoms with E-state index < -0.39 is 0 Å². The standard InChI is InChI=1S/C19H20N4O2S/c24-17-7-3-4-9-21(17)10-8-18(25)22-11-13-23(14-12-22)19-20-15-5-1-2-6-16(15)26-19/h1-7,9H,8,10-14H2. The first-order valence-electron chi connectivity index (χ1n) is 8.74. The fourth-order valence-electron chi connectivity index (χ4n) is 3.16. The van der Waals surface area contributed by atoms with Gasteiger partial charge in [0.05, 0.1) is 10.2 Å². The Hall–Kier alpha value is -2.67. The van der Waals surface area contributed by atoms with E-state index in [1.807, 2.05) is 29.2 Å². The summed E-state index contributed by atoms with van der Waals surface area (Å²) in [7, 11) is 0. The third-order valence-corrected chi connectivity index (χ3v) is 5.75. The Balaban J connectivity index is 1.33. The highest BCUT2D eigenvalue weighted by Crippen LogP contribution is 2.29. The first-order valence-corrected chi connectivity index (χ1v) is 9.56. The van der Waals surface area contributed by atoms with Crippen molar-refractivity contribution in [1.29, 1.82) is 0 Å². The van der Waals surface area contributed by atoms with Gasteiger partial charge in [-0.3, -0.25) is 9.59 Å². The van der Waals surface area contributed by atoms with Crippen molar-refractivity contribution in [2.24, 2.45) is 0 Å². The van der Waals surface area contributed by atoms with E-state index in [0.717, 1.165) is 23.7 Å². The molecule has 1 fully saturated rings. The van der Waals surface area contributed by atoms with Crippen molar-refractivity contribution < 1.29 is 4.79 Å². The maximum absolute atomic E-state index is 12.4. The van der Waals surface area contributed by atoms with E-state index in [1.165, 1.54) is 10.8 Å². The smallest absolute Gasteiger partial charge is 0.250 e. The lowest BCUT2D eigenvalue weighted by molar-refractivity contribution is -0.131. The van der Waals surface area contributed by atoms with Crippen molar-refractivity contribution in [2.75, 3.05) is 31.1 Å². The molecule has 2 aromatic heterocycles. The van der Waals surface area contributed by atoms with E-state index in [0.29, 0.717) is 26.1 Å². The third kappa shape index (κ3) is 3.48. The van der Waals surface area contributed by atoms with Gasteiger partial charge in [0.2, 0.25) is 5.91 Å². The molecule has 1 saturated heterocycles. The molecule has 134 valence electrons. The summed E-state index contributed by atoms with van der Waals surface area (Å²) in [5.41, 5.74) is 0.959.